The van der Waals surface area contributed by atoms with Crippen LogP contribution in [-0.4, -0.2) is 47.4 Å². The van der Waals surface area contributed by atoms with Gasteiger partial charge < -0.3 is 9.32 Å². The van der Waals surface area contributed by atoms with Crippen molar-refractivity contribution in [2.75, 3.05) is 19.6 Å². The zero-order chi connectivity index (χ0) is 15.7. The first-order valence-corrected chi connectivity index (χ1v) is 8.12. The Kier molecular flexibility index (Phi) is 4.21. The van der Waals surface area contributed by atoms with E-state index in [1.54, 1.807) is 6.26 Å². The molecule has 0 saturated carbocycles. The molecule has 0 N–H and O–H groups in total. The summed E-state index contributed by atoms with van der Waals surface area (Å²) in [6.45, 7) is 9.23. The van der Waals surface area contributed by atoms with Crippen LogP contribution in [0.4, 0.5) is 0 Å². The predicted molar refractivity (Wildman–Crippen MR) is 88.0 cm³/mol. The van der Waals surface area contributed by atoms with Gasteiger partial charge >= 0.3 is 0 Å². The molecule has 1 unspecified atom stereocenters. The highest BCUT2D eigenvalue weighted by atomic mass is 16.3. The van der Waals surface area contributed by atoms with Crippen LogP contribution in [0, 0.1) is 0 Å². The largest absolute Gasteiger partial charge is 0.464 e. The second kappa shape index (κ2) is 6.13. The molecular formula is C18H24N2O2. The molecule has 0 spiro atoms. The Balaban J connectivity index is 1.77. The van der Waals surface area contributed by atoms with E-state index < -0.39 is 0 Å². The summed E-state index contributed by atoms with van der Waals surface area (Å²) in [6, 6.07) is 8.56. The zero-order valence-electron chi connectivity index (χ0n) is 13.6. The van der Waals surface area contributed by atoms with Crippen molar-refractivity contribution in [3.05, 3.63) is 36.1 Å². The first kappa shape index (κ1) is 15.1. The SMILES string of the molecule is CCC1CN(C(=O)c2ccc3occc3c2)CCN1C(C)C. The smallest absolute Gasteiger partial charge is 0.253 e. The molecule has 3 rings (SSSR count). The van der Waals surface area contributed by atoms with E-state index in [-0.39, 0.29) is 5.91 Å². The molecule has 2 heterocycles. The van der Waals surface area contributed by atoms with Crippen molar-refractivity contribution in [3.63, 3.8) is 0 Å². The minimum atomic E-state index is 0.130. The van der Waals surface area contributed by atoms with Crippen molar-refractivity contribution in [1.29, 1.82) is 0 Å². The van der Waals surface area contributed by atoms with Gasteiger partial charge in [-0.25, -0.2) is 0 Å². The Morgan fingerprint density at radius 1 is 1.32 bits per heavy atom. The van der Waals surface area contributed by atoms with Gasteiger partial charge in [-0.15, -0.1) is 0 Å². The molecule has 118 valence electrons. The summed E-state index contributed by atoms with van der Waals surface area (Å²) in [5.74, 6) is 0.130. The van der Waals surface area contributed by atoms with Gasteiger partial charge in [0.25, 0.3) is 5.91 Å². The van der Waals surface area contributed by atoms with Crippen molar-refractivity contribution >= 4 is 16.9 Å². The molecule has 1 aromatic carbocycles. The van der Waals surface area contributed by atoms with Gasteiger partial charge in [-0.2, -0.15) is 0 Å². The molecule has 1 aliphatic heterocycles. The lowest BCUT2D eigenvalue weighted by molar-refractivity contribution is 0.0372. The van der Waals surface area contributed by atoms with Crippen molar-refractivity contribution < 1.29 is 9.21 Å². The van der Waals surface area contributed by atoms with Gasteiger partial charge in [-0.3, -0.25) is 9.69 Å². The summed E-state index contributed by atoms with van der Waals surface area (Å²) in [6.07, 6.45) is 2.73. The monoisotopic (exact) mass is 300 g/mol. The molecule has 1 fully saturated rings. The summed E-state index contributed by atoms with van der Waals surface area (Å²) in [7, 11) is 0. The number of hydrogen-bond donors (Lipinski definition) is 0. The molecule has 22 heavy (non-hydrogen) atoms. The summed E-state index contributed by atoms with van der Waals surface area (Å²) in [5, 5.41) is 0.985. The number of nitrogens with zero attached hydrogens (tertiary/aromatic N) is 2. The average molecular weight is 300 g/mol. The van der Waals surface area contributed by atoms with Crippen LogP contribution >= 0.6 is 0 Å². The summed E-state index contributed by atoms with van der Waals surface area (Å²) >= 11 is 0. The quantitative estimate of drug-likeness (QED) is 0.872. The van der Waals surface area contributed by atoms with E-state index in [2.05, 4.69) is 25.7 Å². The van der Waals surface area contributed by atoms with E-state index in [1.165, 1.54) is 0 Å². The number of benzene rings is 1. The third-order valence-corrected chi connectivity index (χ3v) is 4.65. The van der Waals surface area contributed by atoms with E-state index in [0.29, 0.717) is 12.1 Å². The Morgan fingerprint density at radius 3 is 2.86 bits per heavy atom. The lowest BCUT2D eigenvalue weighted by Crippen LogP contribution is -2.56. The molecule has 0 bridgehead atoms. The van der Waals surface area contributed by atoms with E-state index in [9.17, 15) is 4.79 Å². The summed E-state index contributed by atoms with van der Waals surface area (Å²) in [4.78, 5) is 17.3. The van der Waals surface area contributed by atoms with Crippen molar-refractivity contribution in [1.82, 2.24) is 9.80 Å². The van der Waals surface area contributed by atoms with Crippen LogP contribution < -0.4 is 0 Å². The zero-order valence-corrected chi connectivity index (χ0v) is 13.6. The Labute approximate surface area is 131 Å². The van der Waals surface area contributed by atoms with Crippen molar-refractivity contribution in [2.24, 2.45) is 0 Å². The second-order valence-electron chi connectivity index (χ2n) is 6.32. The fraction of sp³-hybridized carbons (Fsp3) is 0.500. The van der Waals surface area contributed by atoms with Crippen molar-refractivity contribution in [3.8, 4) is 0 Å². The Morgan fingerprint density at radius 2 is 2.14 bits per heavy atom. The van der Waals surface area contributed by atoms with Gasteiger partial charge in [-0.1, -0.05) is 6.92 Å². The molecule has 1 aromatic heterocycles. The summed E-state index contributed by atoms with van der Waals surface area (Å²) < 4.78 is 5.34. The van der Waals surface area contributed by atoms with Gasteiger partial charge in [-0.05, 0) is 44.5 Å². The fourth-order valence-corrected chi connectivity index (χ4v) is 3.38. The van der Waals surface area contributed by atoms with Gasteiger partial charge in [0.05, 0.1) is 6.26 Å². The Hall–Kier alpha value is -1.81. The maximum atomic E-state index is 12.8. The minimum absolute atomic E-state index is 0.130. The number of carbonyl (C=O) groups is 1. The van der Waals surface area contributed by atoms with E-state index in [0.717, 1.165) is 42.6 Å². The van der Waals surface area contributed by atoms with Crippen LogP contribution in [0.2, 0.25) is 0 Å². The maximum absolute atomic E-state index is 12.8. The van der Waals surface area contributed by atoms with Gasteiger partial charge in [0, 0.05) is 42.7 Å². The van der Waals surface area contributed by atoms with E-state index in [4.69, 9.17) is 4.42 Å². The lowest BCUT2D eigenvalue weighted by Gasteiger charge is -2.43. The van der Waals surface area contributed by atoms with E-state index >= 15 is 0 Å². The molecule has 4 nitrogen and oxygen atoms in total. The summed E-state index contributed by atoms with van der Waals surface area (Å²) in [5.41, 5.74) is 1.58. The third kappa shape index (κ3) is 2.75. The normalized spacial score (nSPS) is 20.0. The molecular weight excluding hydrogens is 276 g/mol. The van der Waals surface area contributed by atoms with E-state index in [1.807, 2.05) is 29.2 Å². The maximum Gasteiger partial charge on any atom is 0.253 e. The molecule has 1 aliphatic rings. The molecule has 0 radical (unpaired) electrons. The average Bonchev–Trinajstić information content (AvgIpc) is 3.00. The fourth-order valence-electron chi connectivity index (χ4n) is 3.38. The van der Waals surface area contributed by atoms with Crippen LogP contribution in [0.1, 0.15) is 37.6 Å². The van der Waals surface area contributed by atoms with Crippen LogP contribution in [0.5, 0.6) is 0 Å². The highest BCUT2D eigenvalue weighted by Crippen LogP contribution is 2.21. The molecule has 0 aliphatic carbocycles. The number of piperazine rings is 1. The van der Waals surface area contributed by atoms with Gasteiger partial charge in [0.15, 0.2) is 0 Å². The van der Waals surface area contributed by atoms with Crippen LogP contribution in [0.25, 0.3) is 11.0 Å². The van der Waals surface area contributed by atoms with Gasteiger partial charge in [0.2, 0.25) is 0 Å². The van der Waals surface area contributed by atoms with Gasteiger partial charge in [0.1, 0.15) is 5.58 Å². The third-order valence-electron chi connectivity index (χ3n) is 4.65. The number of fused-ring (bicyclic) bond motifs is 1. The second-order valence-corrected chi connectivity index (χ2v) is 6.32. The number of amides is 1. The van der Waals surface area contributed by atoms with Crippen LogP contribution in [-0.2, 0) is 0 Å². The molecule has 1 amide bonds. The molecule has 2 aromatic rings. The van der Waals surface area contributed by atoms with Crippen LogP contribution in [0.15, 0.2) is 34.9 Å². The lowest BCUT2D eigenvalue weighted by atomic mass is 10.1. The minimum Gasteiger partial charge on any atom is -0.464 e. The Bertz CT molecular complexity index is 662. The molecule has 1 saturated heterocycles. The predicted octanol–water partition coefficient (Wildman–Crippen LogP) is 3.38. The topological polar surface area (TPSA) is 36.7 Å². The molecule has 1 atom stereocenters. The standard InChI is InChI=1S/C18H24N2O2/c1-4-16-12-19(8-9-20(16)13(2)3)18(21)15-5-6-17-14(11-15)7-10-22-17/h5-7,10-11,13,16H,4,8-9,12H2,1-3H3. The number of furan rings is 1. The highest BCUT2D eigenvalue weighted by molar-refractivity contribution is 5.97. The van der Waals surface area contributed by atoms with Crippen LogP contribution in [0.3, 0.4) is 0 Å². The highest BCUT2D eigenvalue weighted by Gasteiger charge is 2.30. The van der Waals surface area contributed by atoms with Crippen molar-refractivity contribution in [2.45, 2.75) is 39.3 Å². The number of rotatable bonds is 3. The number of carbonyl (C=O) groups excluding carboxylic acids is 1. The molecule has 4 heteroatoms. The first-order chi connectivity index (χ1) is 10.6. The first-order valence-electron chi connectivity index (χ1n) is 8.12. The number of hydrogen-bond acceptors (Lipinski definition) is 3.